The van der Waals surface area contributed by atoms with E-state index >= 15 is 0 Å². The SMILES string of the molecule is CC(=O)NC[C@@H]1[C@@H](O)[C@H](O)[C@@H](CO)N1CCCCc1ccccc1. The van der Waals surface area contributed by atoms with Gasteiger partial charge in [-0.25, -0.2) is 0 Å². The molecule has 0 saturated carbocycles. The van der Waals surface area contributed by atoms with Crippen molar-refractivity contribution in [1.29, 1.82) is 0 Å². The van der Waals surface area contributed by atoms with Crippen molar-refractivity contribution in [2.75, 3.05) is 19.7 Å². The fourth-order valence-electron chi connectivity index (χ4n) is 3.39. The molecule has 0 unspecified atom stereocenters. The van der Waals surface area contributed by atoms with Crippen LogP contribution >= 0.6 is 0 Å². The molecule has 1 saturated heterocycles. The van der Waals surface area contributed by atoms with Crippen LogP contribution in [0.15, 0.2) is 30.3 Å². The van der Waals surface area contributed by atoms with Gasteiger partial charge in [0.05, 0.1) is 30.9 Å². The number of aryl methyl sites for hydroxylation is 1. The molecule has 1 amide bonds. The van der Waals surface area contributed by atoms with Crippen LogP contribution in [0.5, 0.6) is 0 Å². The molecule has 1 fully saturated rings. The zero-order valence-corrected chi connectivity index (χ0v) is 14.1. The molecule has 24 heavy (non-hydrogen) atoms. The highest BCUT2D eigenvalue weighted by molar-refractivity contribution is 5.72. The first kappa shape index (κ1) is 18.9. The fourth-order valence-corrected chi connectivity index (χ4v) is 3.39. The summed E-state index contributed by atoms with van der Waals surface area (Å²) in [5, 5.41) is 32.6. The van der Waals surface area contributed by atoms with Gasteiger partial charge in [0, 0.05) is 13.5 Å². The number of nitrogens with one attached hydrogen (secondary N) is 1. The van der Waals surface area contributed by atoms with Gasteiger partial charge in [-0.15, -0.1) is 0 Å². The third-order valence-corrected chi connectivity index (χ3v) is 4.71. The van der Waals surface area contributed by atoms with E-state index in [1.165, 1.54) is 12.5 Å². The lowest BCUT2D eigenvalue weighted by molar-refractivity contribution is -0.119. The number of likely N-dealkylation sites (tertiary alicyclic amines) is 1. The van der Waals surface area contributed by atoms with Crippen molar-refractivity contribution in [3.05, 3.63) is 35.9 Å². The summed E-state index contributed by atoms with van der Waals surface area (Å²) in [5.41, 5.74) is 1.28. The van der Waals surface area contributed by atoms with E-state index in [0.717, 1.165) is 19.3 Å². The molecule has 134 valence electrons. The Morgan fingerprint density at radius 1 is 1.12 bits per heavy atom. The van der Waals surface area contributed by atoms with E-state index in [2.05, 4.69) is 17.4 Å². The number of unbranched alkanes of at least 4 members (excludes halogenated alkanes) is 1. The Bertz CT molecular complexity index is 511. The number of benzene rings is 1. The molecule has 2 rings (SSSR count). The Hall–Kier alpha value is -1.47. The van der Waals surface area contributed by atoms with E-state index in [9.17, 15) is 20.1 Å². The first-order valence-electron chi connectivity index (χ1n) is 8.55. The van der Waals surface area contributed by atoms with Gasteiger partial charge in [0.1, 0.15) is 0 Å². The van der Waals surface area contributed by atoms with E-state index < -0.39 is 18.2 Å². The first-order valence-corrected chi connectivity index (χ1v) is 8.55. The number of hydrogen-bond acceptors (Lipinski definition) is 5. The summed E-state index contributed by atoms with van der Waals surface area (Å²) >= 11 is 0. The van der Waals surface area contributed by atoms with Gasteiger partial charge in [-0.2, -0.15) is 0 Å². The molecule has 1 aliphatic rings. The lowest BCUT2D eigenvalue weighted by Crippen LogP contribution is -2.47. The normalized spacial score (nSPS) is 27.3. The molecule has 1 aromatic carbocycles. The minimum atomic E-state index is -0.997. The third kappa shape index (κ3) is 4.77. The lowest BCUT2D eigenvalue weighted by atomic mass is 10.1. The minimum absolute atomic E-state index is 0.173. The van der Waals surface area contributed by atoms with E-state index in [-0.39, 0.29) is 25.1 Å². The maximum atomic E-state index is 11.1. The van der Waals surface area contributed by atoms with Crippen molar-refractivity contribution in [2.24, 2.45) is 0 Å². The minimum Gasteiger partial charge on any atom is -0.395 e. The van der Waals surface area contributed by atoms with Crippen LogP contribution in [0.3, 0.4) is 0 Å². The lowest BCUT2D eigenvalue weighted by Gasteiger charge is -2.29. The summed E-state index contributed by atoms with van der Waals surface area (Å²) in [6.07, 6.45) is 0.880. The first-order chi connectivity index (χ1) is 11.5. The number of carbonyl (C=O) groups is 1. The molecule has 1 heterocycles. The van der Waals surface area contributed by atoms with Crippen LogP contribution in [0.4, 0.5) is 0 Å². The van der Waals surface area contributed by atoms with Crippen molar-refractivity contribution in [2.45, 2.75) is 50.5 Å². The van der Waals surface area contributed by atoms with Gasteiger partial charge in [-0.3, -0.25) is 9.69 Å². The van der Waals surface area contributed by atoms with Crippen LogP contribution in [-0.2, 0) is 11.2 Å². The monoisotopic (exact) mass is 336 g/mol. The maximum Gasteiger partial charge on any atom is 0.216 e. The summed E-state index contributed by atoms with van der Waals surface area (Å²) in [6, 6.07) is 9.36. The third-order valence-electron chi connectivity index (χ3n) is 4.71. The Kier molecular flexibility index (Phi) is 7.17. The molecular weight excluding hydrogens is 308 g/mol. The predicted molar refractivity (Wildman–Crippen MR) is 91.4 cm³/mol. The molecule has 0 aromatic heterocycles. The van der Waals surface area contributed by atoms with Crippen LogP contribution in [0.2, 0.25) is 0 Å². The fraction of sp³-hybridized carbons (Fsp3) is 0.611. The summed E-state index contributed by atoms with van der Waals surface area (Å²) in [7, 11) is 0. The van der Waals surface area contributed by atoms with Gasteiger partial charge in [0.25, 0.3) is 0 Å². The number of amides is 1. The zero-order chi connectivity index (χ0) is 17.5. The number of aliphatic hydroxyl groups excluding tert-OH is 3. The smallest absolute Gasteiger partial charge is 0.216 e. The van der Waals surface area contributed by atoms with Gasteiger partial charge in [-0.05, 0) is 31.4 Å². The summed E-state index contributed by atoms with van der Waals surface area (Å²) < 4.78 is 0. The number of aliphatic hydroxyl groups is 3. The second-order valence-electron chi connectivity index (χ2n) is 6.42. The largest absolute Gasteiger partial charge is 0.395 e. The molecule has 0 bridgehead atoms. The Labute approximate surface area is 143 Å². The second kappa shape index (κ2) is 9.13. The van der Waals surface area contributed by atoms with E-state index in [4.69, 9.17) is 0 Å². The quantitative estimate of drug-likeness (QED) is 0.498. The average molecular weight is 336 g/mol. The predicted octanol–water partition coefficient (Wildman–Crippen LogP) is -0.0877. The van der Waals surface area contributed by atoms with Gasteiger partial charge in [0.2, 0.25) is 5.91 Å². The number of carbonyl (C=O) groups excluding carboxylic acids is 1. The molecular formula is C18H28N2O4. The number of nitrogens with zero attached hydrogens (tertiary/aromatic N) is 1. The highest BCUT2D eigenvalue weighted by Gasteiger charge is 2.46. The summed E-state index contributed by atoms with van der Waals surface area (Å²) in [5.74, 6) is -0.173. The van der Waals surface area contributed by atoms with Crippen molar-refractivity contribution < 1.29 is 20.1 Å². The second-order valence-corrected chi connectivity index (χ2v) is 6.42. The van der Waals surface area contributed by atoms with Crippen LogP contribution in [0, 0.1) is 0 Å². The molecule has 0 aliphatic carbocycles. The topological polar surface area (TPSA) is 93.0 Å². The van der Waals surface area contributed by atoms with Crippen LogP contribution in [0.25, 0.3) is 0 Å². The Morgan fingerprint density at radius 3 is 2.42 bits per heavy atom. The molecule has 6 nitrogen and oxygen atoms in total. The van der Waals surface area contributed by atoms with Crippen LogP contribution in [0.1, 0.15) is 25.3 Å². The van der Waals surface area contributed by atoms with Gasteiger partial charge in [-0.1, -0.05) is 30.3 Å². The molecule has 1 aliphatic heterocycles. The Balaban J connectivity index is 1.89. The van der Waals surface area contributed by atoms with Crippen LogP contribution in [-0.4, -0.2) is 70.1 Å². The molecule has 4 atom stereocenters. The van der Waals surface area contributed by atoms with Gasteiger partial charge in [0.15, 0.2) is 0 Å². The van der Waals surface area contributed by atoms with Crippen molar-refractivity contribution in [3.63, 3.8) is 0 Å². The van der Waals surface area contributed by atoms with Gasteiger partial charge >= 0.3 is 0 Å². The van der Waals surface area contributed by atoms with E-state index in [1.54, 1.807) is 0 Å². The molecule has 6 heteroatoms. The van der Waals surface area contributed by atoms with Crippen molar-refractivity contribution in [1.82, 2.24) is 10.2 Å². The highest BCUT2D eigenvalue weighted by Crippen LogP contribution is 2.25. The molecule has 0 spiro atoms. The summed E-state index contributed by atoms with van der Waals surface area (Å²) in [6.45, 7) is 2.14. The summed E-state index contributed by atoms with van der Waals surface area (Å²) in [4.78, 5) is 13.1. The van der Waals surface area contributed by atoms with Crippen molar-refractivity contribution >= 4 is 5.91 Å². The average Bonchev–Trinajstić information content (AvgIpc) is 2.81. The van der Waals surface area contributed by atoms with Crippen molar-refractivity contribution in [3.8, 4) is 0 Å². The Morgan fingerprint density at radius 2 is 1.79 bits per heavy atom. The molecule has 1 aromatic rings. The van der Waals surface area contributed by atoms with Crippen LogP contribution < -0.4 is 5.32 Å². The zero-order valence-electron chi connectivity index (χ0n) is 14.1. The number of hydrogen-bond donors (Lipinski definition) is 4. The van der Waals surface area contributed by atoms with E-state index in [0.29, 0.717) is 6.54 Å². The van der Waals surface area contributed by atoms with E-state index in [1.807, 2.05) is 23.1 Å². The highest BCUT2D eigenvalue weighted by atomic mass is 16.3. The maximum absolute atomic E-state index is 11.1. The van der Waals surface area contributed by atoms with Gasteiger partial charge < -0.3 is 20.6 Å². The number of rotatable bonds is 8. The molecule has 0 radical (unpaired) electrons. The molecule has 4 N–H and O–H groups in total. The standard InChI is InChI=1S/C18H28N2O4/c1-13(22)19-11-15-17(23)18(24)16(12-21)20(15)10-6-5-9-14-7-3-2-4-8-14/h2-4,7-8,15-18,21,23-24H,5-6,9-12H2,1H3,(H,19,22)/t15-,16-,17-,18-/m1/s1.